The number of amides is 1. The molecule has 0 spiro atoms. The third-order valence-electron chi connectivity index (χ3n) is 3.78. The summed E-state index contributed by atoms with van der Waals surface area (Å²) in [6.45, 7) is 2.47. The zero-order chi connectivity index (χ0) is 20.9. The van der Waals surface area contributed by atoms with Crippen LogP contribution in [-0.4, -0.2) is 45.8 Å². The van der Waals surface area contributed by atoms with Crippen LogP contribution in [0.5, 0.6) is 0 Å². The molecule has 28 heavy (non-hydrogen) atoms. The van der Waals surface area contributed by atoms with Gasteiger partial charge >= 0.3 is 0 Å². The van der Waals surface area contributed by atoms with E-state index in [4.69, 9.17) is 23.2 Å². The van der Waals surface area contributed by atoms with E-state index in [0.29, 0.717) is 33.7 Å². The highest BCUT2D eigenvalue weighted by Gasteiger charge is 2.19. The second-order valence-electron chi connectivity index (χ2n) is 6.05. The summed E-state index contributed by atoms with van der Waals surface area (Å²) in [5.74, 6) is -0.354. The van der Waals surface area contributed by atoms with Crippen molar-refractivity contribution in [2.45, 2.75) is 11.8 Å². The van der Waals surface area contributed by atoms with Gasteiger partial charge in [0.05, 0.1) is 33.5 Å². The smallest absolute Gasteiger partial charge is 0.243 e. The summed E-state index contributed by atoms with van der Waals surface area (Å²) in [6.07, 6.45) is 0. The van der Waals surface area contributed by atoms with Crippen molar-refractivity contribution >= 4 is 56.2 Å². The van der Waals surface area contributed by atoms with Crippen LogP contribution >= 0.6 is 23.2 Å². The Morgan fingerprint density at radius 3 is 2.36 bits per heavy atom. The first kappa shape index (κ1) is 22.3. The summed E-state index contributed by atoms with van der Waals surface area (Å²) in [7, 11) is -0.673. The third kappa shape index (κ3) is 5.51. The fraction of sp³-hybridized carbons (Fsp3) is 0.278. The zero-order valence-corrected chi connectivity index (χ0v) is 18.0. The molecule has 7 nitrogen and oxygen atoms in total. The minimum Gasteiger partial charge on any atom is -0.384 e. The maximum absolute atomic E-state index is 12.4. The highest BCUT2D eigenvalue weighted by molar-refractivity contribution is 7.89. The topological polar surface area (TPSA) is 90.5 Å². The van der Waals surface area contributed by atoms with Crippen LogP contribution in [0.2, 0.25) is 10.0 Å². The number of hydrogen-bond acceptors (Lipinski definition) is 5. The van der Waals surface area contributed by atoms with Gasteiger partial charge in [-0.25, -0.2) is 12.7 Å². The van der Waals surface area contributed by atoms with Gasteiger partial charge in [0.15, 0.2) is 0 Å². The monoisotopic (exact) mass is 444 g/mol. The van der Waals surface area contributed by atoms with E-state index in [-0.39, 0.29) is 17.3 Å². The molecule has 0 aliphatic heterocycles. The summed E-state index contributed by atoms with van der Waals surface area (Å²) in [4.78, 5) is 12.4. The molecule has 0 bridgehead atoms. The van der Waals surface area contributed by atoms with Crippen molar-refractivity contribution in [2.75, 3.05) is 43.1 Å². The lowest BCUT2D eigenvalue weighted by molar-refractivity contribution is -0.114. The van der Waals surface area contributed by atoms with Crippen molar-refractivity contribution in [3.63, 3.8) is 0 Å². The van der Waals surface area contributed by atoms with E-state index in [9.17, 15) is 13.2 Å². The van der Waals surface area contributed by atoms with Gasteiger partial charge in [0.25, 0.3) is 0 Å². The molecule has 10 heteroatoms. The largest absolute Gasteiger partial charge is 0.384 e. The Hall–Kier alpha value is -2.00. The van der Waals surface area contributed by atoms with Crippen molar-refractivity contribution in [2.24, 2.45) is 0 Å². The van der Waals surface area contributed by atoms with Gasteiger partial charge in [-0.15, -0.1) is 0 Å². The number of carbonyl (C=O) groups excluding carboxylic acids is 1. The molecule has 3 N–H and O–H groups in total. The van der Waals surface area contributed by atoms with Gasteiger partial charge in [0, 0.05) is 25.7 Å². The molecule has 0 saturated carbocycles. The van der Waals surface area contributed by atoms with Crippen LogP contribution < -0.4 is 16.0 Å². The van der Waals surface area contributed by atoms with Crippen LogP contribution in [0.4, 0.5) is 17.1 Å². The maximum atomic E-state index is 12.4. The highest BCUT2D eigenvalue weighted by Crippen LogP contribution is 2.27. The average Bonchev–Trinajstić information content (AvgIpc) is 2.63. The number of carbonyl (C=O) groups is 1. The Morgan fingerprint density at radius 2 is 1.71 bits per heavy atom. The molecule has 0 aromatic heterocycles. The zero-order valence-electron chi connectivity index (χ0n) is 15.7. The van der Waals surface area contributed by atoms with Gasteiger partial charge in [-0.2, -0.15) is 0 Å². The predicted octanol–water partition coefficient (Wildman–Crippen LogP) is 3.73. The van der Waals surface area contributed by atoms with Gasteiger partial charge in [-0.1, -0.05) is 23.2 Å². The van der Waals surface area contributed by atoms with E-state index in [1.54, 1.807) is 24.3 Å². The third-order valence-corrected chi connectivity index (χ3v) is 6.15. The van der Waals surface area contributed by atoms with Crippen molar-refractivity contribution in [3.05, 3.63) is 46.4 Å². The molecule has 0 heterocycles. The highest BCUT2D eigenvalue weighted by atomic mass is 35.5. The normalized spacial score (nSPS) is 11.4. The molecule has 0 unspecified atom stereocenters. The fourth-order valence-corrected chi connectivity index (χ4v) is 3.61. The molecule has 152 valence electrons. The molecule has 2 aromatic carbocycles. The van der Waals surface area contributed by atoms with Gasteiger partial charge in [-0.3, -0.25) is 4.79 Å². The lowest BCUT2D eigenvalue weighted by Gasteiger charge is -2.17. The molecule has 0 aliphatic carbocycles. The van der Waals surface area contributed by atoms with E-state index in [1.807, 2.05) is 6.92 Å². The summed E-state index contributed by atoms with van der Waals surface area (Å²) in [5, 5.41) is 9.59. The van der Waals surface area contributed by atoms with Crippen LogP contribution in [-0.2, 0) is 14.8 Å². The quantitative estimate of drug-likeness (QED) is 0.576. The molecule has 0 radical (unpaired) electrons. The van der Waals surface area contributed by atoms with Gasteiger partial charge < -0.3 is 16.0 Å². The lowest BCUT2D eigenvalue weighted by atomic mass is 10.2. The first-order valence-electron chi connectivity index (χ1n) is 8.44. The molecular weight excluding hydrogens is 423 g/mol. The Balaban J connectivity index is 2.19. The van der Waals surface area contributed by atoms with E-state index >= 15 is 0 Å². The number of rotatable bonds is 8. The van der Waals surface area contributed by atoms with Gasteiger partial charge in [0.2, 0.25) is 15.9 Å². The summed E-state index contributed by atoms with van der Waals surface area (Å²) >= 11 is 12.0. The minimum atomic E-state index is -3.60. The van der Waals surface area contributed by atoms with Crippen molar-refractivity contribution in [3.8, 4) is 0 Å². The van der Waals surface area contributed by atoms with Crippen molar-refractivity contribution in [1.29, 1.82) is 0 Å². The van der Waals surface area contributed by atoms with E-state index in [0.717, 1.165) is 4.31 Å². The fourth-order valence-electron chi connectivity index (χ4n) is 2.35. The second-order valence-corrected chi connectivity index (χ2v) is 9.05. The summed E-state index contributed by atoms with van der Waals surface area (Å²) in [5.41, 5.74) is 1.59. The van der Waals surface area contributed by atoms with Crippen LogP contribution in [0.25, 0.3) is 0 Å². The predicted molar refractivity (Wildman–Crippen MR) is 115 cm³/mol. The molecule has 1 amide bonds. The number of benzene rings is 2. The van der Waals surface area contributed by atoms with Gasteiger partial charge in [0.1, 0.15) is 0 Å². The number of nitrogens with one attached hydrogen (secondary N) is 3. The van der Waals surface area contributed by atoms with E-state index in [2.05, 4.69) is 16.0 Å². The van der Waals surface area contributed by atoms with E-state index < -0.39 is 10.0 Å². The molecule has 2 aromatic rings. The van der Waals surface area contributed by atoms with Crippen molar-refractivity contribution in [1.82, 2.24) is 4.31 Å². The Bertz CT molecular complexity index is 965. The molecule has 0 aliphatic rings. The number of sulfonamides is 1. The Labute approximate surface area is 175 Å². The SMILES string of the molecule is CCNc1ccc(S(=O)(=O)N(C)C)cc1NCC(=O)Nc1cc(Cl)ccc1Cl. The number of nitrogens with zero attached hydrogens (tertiary/aromatic N) is 1. The molecule has 0 atom stereocenters. The number of halogens is 2. The first-order chi connectivity index (χ1) is 13.1. The summed E-state index contributed by atoms with van der Waals surface area (Å²) in [6, 6.07) is 9.43. The average molecular weight is 445 g/mol. The Morgan fingerprint density at radius 1 is 1.00 bits per heavy atom. The maximum Gasteiger partial charge on any atom is 0.243 e. The lowest BCUT2D eigenvalue weighted by Crippen LogP contribution is -2.24. The molecular formula is C18H22Cl2N4O3S. The van der Waals surface area contributed by atoms with E-state index in [1.165, 1.54) is 26.2 Å². The Kier molecular flexibility index (Phi) is 7.54. The first-order valence-corrected chi connectivity index (χ1v) is 10.6. The minimum absolute atomic E-state index is 0.0906. The second kappa shape index (κ2) is 9.47. The molecule has 0 fully saturated rings. The number of hydrogen-bond donors (Lipinski definition) is 3. The molecule has 2 rings (SSSR count). The van der Waals surface area contributed by atoms with Crippen LogP contribution in [0.1, 0.15) is 6.92 Å². The molecule has 0 saturated heterocycles. The van der Waals surface area contributed by atoms with Crippen LogP contribution in [0.15, 0.2) is 41.3 Å². The number of anilines is 3. The van der Waals surface area contributed by atoms with Crippen molar-refractivity contribution < 1.29 is 13.2 Å². The van der Waals surface area contributed by atoms with Crippen LogP contribution in [0, 0.1) is 0 Å². The summed E-state index contributed by atoms with van der Waals surface area (Å²) < 4.78 is 25.9. The standard InChI is InChI=1S/C18H22Cl2N4O3S/c1-4-21-15-8-6-13(28(26,27)24(2)3)10-17(15)22-11-18(25)23-16-9-12(19)5-7-14(16)20/h5-10,21-22H,4,11H2,1-3H3,(H,23,25). The van der Waals surface area contributed by atoms with Crippen LogP contribution in [0.3, 0.4) is 0 Å². The van der Waals surface area contributed by atoms with Gasteiger partial charge in [-0.05, 0) is 43.3 Å².